The number of likely N-dealkylation sites (N-methyl/N-ethyl adjacent to an activating group) is 1. The molecule has 0 saturated carbocycles. The maximum Gasteiger partial charge on any atom is 0.281 e. The number of ketones is 1. The molecule has 2 aromatic heterocycles. The first-order valence-corrected chi connectivity index (χ1v) is 14.2. The molecule has 0 aliphatic rings. The Bertz CT molecular complexity index is 1720. The summed E-state index contributed by atoms with van der Waals surface area (Å²) >= 11 is 1.31. The Kier molecular flexibility index (Phi) is 8.45. The molecule has 8 nitrogen and oxygen atoms in total. The molecule has 1 atom stereocenters. The van der Waals surface area contributed by atoms with Gasteiger partial charge in [0.15, 0.2) is 21.3 Å². The molecule has 5 rings (SSSR count). The van der Waals surface area contributed by atoms with Crippen LogP contribution in [0.25, 0.3) is 21.7 Å². The predicted octanol–water partition coefficient (Wildman–Crippen LogP) is 5.61. The Hall–Kier alpha value is -4.50. The molecule has 0 aliphatic heterocycles. The number of hydrogen-bond donors (Lipinski definition) is 0. The van der Waals surface area contributed by atoms with Gasteiger partial charge in [-0.05, 0) is 31.0 Å². The van der Waals surface area contributed by atoms with E-state index in [1.54, 1.807) is 24.9 Å². The van der Waals surface area contributed by atoms with Crippen molar-refractivity contribution in [3.63, 3.8) is 0 Å². The van der Waals surface area contributed by atoms with Gasteiger partial charge in [0.2, 0.25) is 0 Å². The fourth-order valence-electron chi connectivity index (χ4n) is 4.66. The van der Waals surface area contributed by atoms with Gasteiger partial charge in [0, 0.05) is 30.7 Å². The highest BCUT2D eigenvalue weighted by Gasteiger charge is 2.24. The number of fused-ring (bicyclic) bond motifs is 1. The molecule has 0 radical (unpaired) electrons. The van der Waals surface area contributed by atoms with Gasteiger partial charge in [-0.1, -0.05) is 72.0 Å². The van der Waals surface area contributed by atoms with Crippen molar-refractivity contribution in [3.8, 4) is 22.9 Å². The van der Waals surface area contributed by atoms with Crippen molar-refractivity contribution in [2.45, 2.75) is 32.4 Å². The quantitative estimate of drug-likeness (QED) is 0.205. The van der Waals surface area contributed by atoms with Crippen LogP contribution in [-0.4, -0.2) is 47.6 Å². The number of anilines is 1. The van der Waals surface area contributed by atoms with Gasteiger partial charge in [-0.25, -0.2) is 9.97 Å². The summed E-state index contributed by atoms with van der Waals surface area (Å²) in [5.41, 5.74) is 2.76. The van der Waals surface area contributed by atoms with Gasteiger partial charge >= 0.3 is 0 Å². The molecule has 0 saturated heterocycles. The second-order valence-electron chi connectivity index (χ2n) is 9.76. The molecule has 210 valence electrons. The summed E-state index contributed by atoms with van der Waals surface area (Å²) in [5, 5.41) is 0.573. The van der Waals surface area contributed by atoms with E-state index in [2.05, 4.69) is 4.98 Å². The van der Waals surface area contributed by atoms with Crippen LogP contribution in [0.1, 0.15) is 24.5 Å². The first-order valence-electron chi connectivity index (χ1n) is 13.4. The summed E-state index contributed by atoms with van der Waals surface area (Å²) in [6.07, 6.45) is 1.10. The maximum absolute atomic E-state index is 14.0. The summed E-state index contributed by atoms with van der Waals surface area (Å²) in [6.45, 7) is 2.10. The zero-order chi connectivity index (χ0) is 28.9. The van der Waals surface area contributed by atoms with Crippen molar-refractivity contribution in [2.75, 3.05) is 26.2 Å². The monoisotopic (exact) mass is 568 g/mol. The normalized spacial score (nSPS) is 11.8. The highest BCUT2D eigenvalue weighted by molar-refractivity contribution is 7.21. The average molecular weight is 569 g/mol. The van der Waals surface area contributed by atoms with E-state index in [4.69, 9.17) is 14.5 Å². The number of aryl methyl sites for hydroxylation is 1. The van der Waals surface area contributed by atoms with Gasteiger partial charge in [-0.3, -0.25) is 14.2 Å². The summed E-state index contributed by atoms with van der Waals surface area (Å²) in [4.78, 5) is 39.0. The first kappa shape index (κ1) is 28.0. The van der Waals surface area contributed by atoms with Crippen LogP contribution in [0.3, 0.4) is 0 Å². The van der Waals surface area contributed by atoms with Crippen LogP contribution >= 0.6 is 11.3 Å². The van der Waals surface area contributed by atoms with Gasteiger partial charge in [-0.15, -0.1) is 0 Å². The number of carbonyl (C=O) groups excluding carboxylic acids is 1. The highest BCUT2D eigenvalue weighted by atomic mass is 32.1. The Morgan fingerprint density at radius 1 is 0.976 bits per heavy atom. The standard InChI is InChI=1S/C32H32N4O4S/c1-21(26(37)18-15-22-11-7-5-8-12-22)35(2)32-33-28-30(41-32)34-29(23-13-9-6-10-14-23)36(31(28)38)20-24-16-17-25(39-3)19-27(24)40-4/h5-14,16-17,19,21H,15,18,20H2,1-4H3/t21-/m1/s1. The summed E-state index contributed by atoms with van der Waals surface area (Å²) in [6, 6.07) is 24.7. The van der Waals surface area contributed by atoms with E-state index in [1.165, 1.54) is 11.3 Å². The summed E-state index contributed by atoms with van der Waals surface area (Å²) in [7, 11) is 5.02. The lowest BCUT2D eigenvalue weighted by atomic mass is 10.0. The molecule has 0 unspecified atom stereocenters. The minimum atomic E-state index is -0.404. The van der Waals surface area contributed by atoms with Crippen molar-refractivity contribution < 1.29 is 14.3 Å². The fraction of sp³-hybridized carbons (Fsp3) is 0.250. The SMILES string of the molecule is COc1ccc(Cn2c(-c3ccccc3)nc3sc(N(C)[C@H](C)C(=O)CCc4ccccc4)nc3c2=O)c(OC)c1. The Morgan fingerprint density at radius 3 is 2.37 bits per heavy atom. The van der Waals surface area contributed by atoms with Gasteiger partial charge < -0.3 is 14.4 Å². The number of nitrogens with zero attached hydrogens (tertiary/aromatic N) is 4. The van der Waals surface area contributed by atoms with Gasteiger partial charge in [0.05, 0.1) is 26.8 Å². The molecule has 0 fully saturated rings. The van der Waals surface area contributed by atoms with Crippen molar-refractivity contribution in [3.05, 3.63) is 100 Å². The summed E-state index contributed by atoms with van der Waals surface area (Å²) in [5.74, 6) is 1.91. The molecule has 0 spiro atoms. The van der Waals surface area contributed by atoms with Crippen LogP contribution in [0.5, 0.6) is 11.5 Å². The molecular formula is C32H32N4O4S. The van der Waals surface area contributed by atoms with Crippen LogP contribution in [0.4, 0.5) is 5.13 Å². The predicted molar refractivity (Wildman–Crippen MR) is 163 cm³/mol. The number of carbonyl (C=O) groups is 1. The maximum atomic E-state index is 14.0. The molecule has 3 aromatic carbocycles. The van der Waals surface area contributed by atoms with E-state index in [-0.39, 0.29) is 23.4 Å². The number of benzene rings is 3. The molecule has 2 heterocycles. The third-order valence-corrected chi connectivity index (χ3v) is 8.25. The van der Waals surface area contributed by atoms with Crippen LogP contribution < -0.4 is 19.9 Å². The zero-order valence-electron chi connectivity index (χ0n) is 23.5. The molecule has 0 bridgehead atoms. The second kappa shape index (κ2) is 12.3. The van der Waals surface area contributed by atoms with Crippen molar-refractivity contribution in [1.82, 2.24) is 14.5 Å². The molecule has 5 aromatic rings. The Labute approximate surface area is 242 Å². The third kappa shape index (κ3) is 6.00. The lowest BCUT2D eigenvalue weighted by molar-refractivity contribution is -0.119. The van der Waals surface area contributed by atoms with E-state index in [0.717, 1.165) is 16.7 Å². The smallest absolute Gasteiger partial charge is 0.281 e. The molecule has 9 heteroatoms. The molecule has 0 amide bonds. The van der Waals surface area contributed by atoms with E-state index >= 15 is 0 Å². The van der Waals surface area contributed by atoms with Gasteiger partial charge in [-0.2, -0.15) is 0 Å². The van der Waals surface area contributed by atoms with E-state index in [0.29, 0.717) is 40.1 Å². The number of ether oxygens (including phenoxy) is 2. The van der Waals surface area contributed by atoms with Gasteiger partial charge in [0.25, 0.3) is 5.56 Å². The fourth-order valence-corrected chi connectivity index (χ4v) is 5.63. The molecule has 0 N–H and O–H groups in total. The molecular weight excluding hydrogens is 536 g/mol. The van der Waals surface area contributed by atoms with Gasteiger partial charge in [0.1, 0.15) is 17.3 Å². The van der Waals surface area contributed by atoms with E-state index in [9.17, 15) is 9.59 Å². The van der Waals surface area contributed by atoms with Crippen LogP contribution in [0, 0.1) is 0 Å². The molecule has 41 heavy (non-hydrogen) atoms. The second-order valence-corrected chi connectivity index (χ2v) is 10.7. The number of rotatable bonds is 11. The lowest BCUT2D eigenvalue weighted by Crippen LogP contribution is -2.36. The number of thiazole rings is 1. The highest BCUT2D eigenvalue weighted by Crippen LogP contribution is 2.30. The number of hydrogen-bond acceptors (Lipinski definition) is 8. The first-order chi connectivity index (χ1) is 19.9. The zero-order valence-corrected chi connectivity index (χ0v) is 24.4. The van der Waals surface area contributed by atoms with Crippen molar-refractivity contribution in [2.24, 2.45) is 0 Å². The van der Waals surface area contributed by atoms with Crippen LogP contribution in [0.2, 0.25) is 0 Å². The number of Topliss-reactive ketones (excluding diaryl/α,β-unsaturated/α-hetero) is 1. The lowest BCUT2D eigenvalue weighted by Gasteiger charge is -2.22. The largest absolute Gasteiger partial charge is 0.497 e. The van der Waals surface area contributed by atoms with Crippen LogP contribution in [0.15, 0.2) is 83.7 Å². The van der Waals surface area contributed by atoms with Crippen molar-refractivity contribution in [1.29, 1.82) is 0 Å². The Balaban J connectivity index is 1.50. The van der Waals surface area contributed by atoms with Crippen molar-refractivity contribution >= 4 is 32.6 Å². The minimum absolute atomic E-state index is 0.109. The molecule has 0 aliphatic carbocycles. The number of methoxy groups -OCH3 is 2. The minimum Gasteiger partial charge on any atom is -0.497 e. The van der Waals surface area contributed by atoms with E-state index in [1.807, 2.05) is 91.7 Å². The van der Waals surface area contributed by atoms with E-state index < -0.39 is 6.04 Å². The topological polar surface area (TPSA) is 86.5 Å². The average Bonchev–Trinajstić information content (AvgIpc) is 3.46. The third-order valence-electron chi connectivity index (χ3n) is 7.22. The summed E-state index contributed by atoms with van der Waals surface area (Å²) < 4.78 is 12.6. The van der Waals surface area contributed by atoms with Crippen LogP contribution in [-0.2, 0) is 17.8 Å². The Morgan fingerprint density at radius 2 is 1.68 bits per heavy atom. The number of aromatic nitrogens is 3.